The van der Waals surface area contributed by atoms with Crippen molar-refractivity contribution < 1.29 is 23.1 Å². The van der Waals surface area contributed by atoms with Crippen LogP contribution < -0.4 is 5.32 Å². The summed E-state index contributed by atoms with van der Waals surface area (Å²) in [5, 5.41) is 2.58. The number of carbonyl (C=O) groups is 2. The molecule has 120 valence electrons. The molecular weight excluding hydrogens is 304 g/mol. The molecule has 2 rings (SSSR count). The van der Waals surface area contributed by atoms with Crippen molar-refractivity contribution in [3.8, 4) is 0 Å². The zero-order chi connectivity index (χ0) is 17.0. The molecule has 0 aliphatic carbocycles. The van der Waals surface area contributed by atoms with Gasteiger partial charge in [-0.3, -0.25) is 4.79 Å². The molecule has 0 spiro atoms. The van der Waals surface area contributed by atoms with Gasteiger partial charge in [0, 0.05) is 5.69 Å². The van der Waals surface area contributed by atoms with Crippen molar-refractivity contribution in [3.05, 3.63) is 64.7 Å². The first kappa shape index (κ1) is 16.6. The number of amides is 1. The Labute approximate surface area is 132 Å². The van der Waals surface area contributed by atoms with Gasteiger partial charge < -0.3 is 10.1 Å². The van der Waals surface area contributed by atoms with Gasteiger partial charge in [-0.2, -0.15) is 0 Å². The maximum Gasteiger partial charge on any atom is 0.344 e. The van der Waals surface area contributed by atoms with Crippen LogP contribution in [-0.4, -0.2) is 18.5 Å². The second-order valence-electron chi connectivity index (χ2n) is 5.04. The van der Waals surface area contributed by atoms with Crippen LogP contribution >= 0.6 is 0 Å². The van der Waals surface area contributed by atoms with Crippen molar-refractivity contribution in [1.82, 2.24) is 0 Å². The average Bonchev–Trinajstić information content (AvgIpc) is 2.49. The summed E-state index contributed by atoms with van der Waals surface area (Å²) in [6.07, 6.45) is 0. The van der Waals surface area contributed by atoms with Crippen LogP contribution in [0, 0.1) is 25.5 Å². The Kier molecular flexibility index (Phi) is 5.05. The number of hydrogen-bond donors (Lipinski definition) is 1. The third kappa shape index (κ3) is 4.12. The fourth-order valence-corrected chi connectivity index (χ4v) is 1.95. The molecule has 1 amide bonds. The van der Waals surface area contributed by atoms with Gasteiger partial charge in [-0.15, -0.1) is 0 Å². The predicted molar refractivity (Wildman–Crippen MR) is 81.2 cm³/mol. The van der Waals surface area contributed by atoms with E-state index in [1.807, 2.05) is 26.0 Å². The number of benzene rings is 2. The Hall–Kier alpha value is -2.76. The molecule has 0 radical (unpaired) electrons. The van der Waals surface area contributed by atoms with Crippen LogP contribution in [0.5, 0.6) is 0 Å². The molecule has 0 heterocycles. The van der Waals surface area contributed by atoms with Crippen molar-refractivity contribution in [2.24, 2.45) is 0 Å². The number of nitrogens with one attached hydrogen (secondary N) is 1. The monoisotopic (exact) mass is 319 g/mol. The van der Waals surface area contributed by atoms with Crippen LogP contribution in [0.15, 0.2) is 36.4 Å². The van der Waals surface area contributed by atoms with Gasteiger partial charge in [0.15, 0.2) is 6.61 Å². The molecule has 23 heavy (non-hydrogen) atoms. The Bertz CT molecular complexity index is 739. The highest BCUT2D eigenvalue weighted by molar-refractivity contribution is 5.96. The summed E-state index contributed by atoms with van der Waals surface area (Å²) in [5.41, 5.74) is 1.57. The number of carbonyl (C=O) groups excluding carboxylic acids is 2. The molecular formula is C17H15F2NO3. The maximum absolute atomic E-state index is 13.4. The third-order valence-corrected chi connectivity index (χ3v) is 3.17. The van der Waals surface area contributed by atoms with Gasteiger partial charge in [0.05, 0.1) is 0 Å². The van der Waals surface area contributed by atoms with E-state index in [0.29, 0.717) is 5.69 Å². The number of esters is 1. The summed E-state index contributed by atoms with van der Waals surface area (Å²) in [4.78, 5) is 23.5. The predicted octanol–water partition coefficient (Wildman–Crippen LogP) is 3.38. The van der Waals surface area contributed by atoms with Crippen LogP contribution in [0.1, 0.15) is 21.5 Å². The van der Waals surface area contributed by atoms with Crippen molar-refractivity contribution >= 4 is 17.6 Å². The van der Waals surface area contributed by atoms with Crippen molar-refractivity contribution in [1.29, 1.82) is 0 Å². The summed E-state index contributed by atoms with van der Waals surface area (Å²) in [6, 6.07) is 8.52. The Balaban J connectivity index is 1.99. The van der Waals surface area contributed by atoms with Crippen molar-refractivity contribution in [3.63, 3.8) is 0 Å². The highest BCUT2D eigenvalue weighted by atomic mass is 19.1. The van der Waals surface area contributed by atoms with Crippen molar-refractivity contribution in [2.45, 2.75) is 13.8 Å². The van der Waals surface area contributed by atoms with E-state index in [2.05, 4.69) is 10.1 Å². The topological polar surface area (TPSA) is 55.4 Å². The highest BCUT2D eigenvalue weighted by Crippen LogP contribution is 2.16. The number of halogens is 2. The standard InChI is InChI=1S/C17H15F2NO3/c1-10-6-7-11(2)14(8-10)20-15(21)9-23-17(22)16-12(18)4-3-5-13(16)19/h3-8H,9H2,1-2H3,(H,20,21). The van der Waals surface area contributed by atoms with E-state index in [0.717, 1.165) is 29.3 Å². The minimum absolute atomic E-state index is 0.586. The maximum atomic E-state index is 13.4. The second-order valence-corrected chi connectivity index (χ2v) is 5.04. The largest absolute Gasteiger partial charge is 0.452 e. The molecule has 2 aromatic carbocycles. The van der Waals surface area contributed by atoms with Gasteiger partial charge >= 0.3 is 5.97 Å². The lowest BCUT2D eigenvalue weighted by molar-refractivity contribution is -0.119. The SMILES string of the molecule is Cc1ccc(C)c(NC(=O)COC(=O)c2c(F)cccc2F)c1. The number of anilines is 1. The van der Waals surface area contributed by atoms with Crippen LogP contribution in [0.4, 0.5) is 14.5 Å². The Morgan fingerprint density at radius 1 is 1.09 bits per heavy atom. The van der Waals surface area contributed by atoms with Gasteiger partial charge in [-0.25, -0.2) is 13.6 Å². The quantitative estimate of drug-likeness (QED) is 0.879. The van der Waals surface area contributed by atoms with Gasteiger partial charge in [0.1, 0.15) is 17.2 Å². The lowest BCUT2D eigenvalue weighted by Crippen LogP contribution is -2.22. The number of rotatable bonds is 4. The van der Waals surface area contributed by atoms with Crippen LogP contribution in [-0.2, 0) is 9.53 Å². The molecule has 0 bridgehead atoms. The average molecular weight is 319 g/mol. The second kappa shape index (κ2) is 7.00. The molecule has 0 saturated heterocycles. The van der Waals surface area contributed by atoms with Crippen LogP contribution in [0.3, 0.4) is 0 Å². The van der Waals surface area contributed by atoms with Gasteiger partial charge in [-0.05, 0) is 43.2 Å². The first-order chi connectivity index (χ1) is 10.9. The summed E-state index contributed by atoms with van der Waals surface area (Å²) < 4.78 is 31.5. The lowest BCUT2D eigenvalue weighted by Gasteiger charge is -2.10. The van der Waals surface area contributed by atoms with Gasteiger partial charge in [0.25, 0.3) is 5.91 Å². The van der Waals surface area contributed by atoms with E-state index in [1.54, 1.807) is 6.07 Å². The van der Waals surface area contributed by atoms with E-state index < -0.39 is 35.7 Å². The smallest absolute Gasteiger partial charge is 0.344 e. The molecule has 0 aliphatic rings. The van der Waals surface area contributed by atoms with E-state index in [1.165, 1.54) is 0 Å². The molecule has 0 unspecified atom stereocenters. The van der Waals surface area contributed by atoms with Crippen LogP contribution in [0.25, 0.3) is 0 Å². The molecule has 2 aromatic rings. The minimum atomic E-state index is -1.23. The van der Waals surface area contributed by atoms with Gasteiger partial charge in [-0.1, -0.05) is 18.2 Å². The van der Waals surface area contributed by atoms with Gasteiger partial charge in [0.2, 0.25) is 0 Å². The molecule has 1 N–H and O–H groups in total. The first-order valence-electron chi connectivity index (χ1n) is 6.86. The fourth-order valence-electron chi connectivity index (χ4n) is 1.95. The zero-order valence-electron chi connectivity index (χ0n) is 12.7. The van der Waals surface area contributed by atoms with E-state index in [4.69, 9.17) is 0 Å². The molecule has 6 heteroatoms. The van der Waals surface area contributed by atoms with E-state index in [-0.39, 0.29) is 0 Å². The number of aryl methyl sites for hydroxylation is 2. The summed E-state index contributed by atoms with van der Waals surface area (Å²) in [6.45, 7) is 3.05. The normalized spacial score (nSPS) is 10.3. The first-order valence-corrected chi connectivity index (χ1v) is 6.86. The summed E-state index contributed by atoms with van der Waals surface area (Å²) >= 11 is 0. The number of ether oxygens (including phenoxy) is 1. The Morgan fingerprint density at radius 3 is 2.39 bits per heavy atom. The molecule has 0 saturated carbocycles. The molecule has 0 aliphatic heterocycles. The molecule has 4 nitrogen and oxygen atoms in total. The van der Waals surface area contributed by atoms with Crippen molar-refractivity contribution in [2.75, 3.05) is 11.9 Å². The van der Waals surface area contributed by atoms with E-state index >= 15 is 0 Å². The third-order valence-electron chi connectivity index (χ3n) is 3.17. The summed E-state index contributed by atoms with van der Waals surface area (Å²) in [5.74, 6) is -3.89. The highest BCUT2D eigenvalue weighted by Gasteiger charge is 2.19. The Morgan fingerprint density at radius 2 is 1.74 bits per heavy atom. The zero-order valence-corrected chi connectivity index (χ0v) is 12.7. The molecule has 0 aromatic heterocycles. The molecule has 0 fully saturated rings. The van der Waals surface area contributed by atoms with Crippen LogP contribution in [0.2, 0.25) is 0 Å². The van der Waals surface area contributed by atoms with E-state index in [9.17, 15) is 18.4 Å². The summed E-state index contributed by atoms with van der Waals surface area (Å²) in [7, 11) is 0. The lowest BCUT2D eigenvalue weighted by atomic mass is 10.1. The minimum Gasteiger partial charge on any atom is -0.452 e. The molecule has 0 atom stereocenters. The number of hydrogen-bond acceptors (Lipinski definition) is 3. The fraction of sp³-hybridized carbons (Fsp3) is 0.176.